The third-order valence-corrected chi connectivity index (χ3v) is 5.92. The van der Waals surface area contributed by atoms with Crippen LogP contribution in [0, 0.1) is 0 Å². The summed E-state index contributed by atoms with van der Waals surface area (Å²) >= 11 is 0. The summed E-state index contributed by atoms with van der Waals surface area (Å²) in [4.78, 5) is 2.17. The highest BCUT2D eigenvalue weighted by atomic mass is 32.2. The maximum atomic E-state index is 11.9. The van der Waals surface area contributed by atoms with Crippen LogP contribution in [0.5, 0.6) is 17.2 Å². The van der Waals surface area contributed by atoms with Crippen molar-refractivity contribution in [2.24, 2.45) is 0 Å². The molecule has 23 heavy (non-hydrogen) atoms. The van der Waals surface area contributed by atoms with Crippen molar-refractivity contribution in [1.82, 2.24) is 9.21 Å². The molecule has 1 saturated heterocycles. The molecule has 0 bridgehead atoms. The van der Waals surface area contributed by atoms with Crippen LogP contribution in [0.2, 0.25) is 0 Å². The molecule has 0 atom stereocenters. The molecule has 0 aromatic heterocycles. The summed E-state index contributed by atoms with van der Waals surface area (Å²) in [6.45, 7) is 4.66. The Balaban J connectivity index is 2.04. The van der Waals surface area contributed by atoms with Gasteiger partial charge in [-0.3, -0.25) is 4.90 Å². The maximum Gasteiger partial charge on any atom is 0.213 e. The molecule has 0 amide bonds. The van der Waals surface area contributed by atoms with Gasteiger partial charge in [-0.05, 0) is 24.6 Å². The standard InChI is InChI=1S/C15H24N2O5S/c1-4-23(19,20)17-7-5-16(6-8-17)11-12-9-13(21-2)15(18)14(10-12)22-3/h9-10,18H,4-8,11H2,1-3H3. The number of ether oxygens (including phenoxy) is 2. The fourth-order valence-electron chi connectivity index (χ4n) is 2.65. The lowest BCUT2D eigenvalue weighted by molar-refractivity contribution is 0.181. The number of aromatic hydroxyl groups is 1. The highest BCUT2D eigenvalue weighted by Crippen LogP contribution is 2.37. The Bertz CT molecular complexity index is 614. The molecule has 0 aliphatic carbocycles. The van der Waals surface area contributed by atoms with Crippen molar-refractivity contribution in [2.75, 3.05) is 46.2 Å². The van der Waals surface area contributed by atoms with E-state index >= 15 is 0 Å². The first-order valence-electron chi connectivity index (χ1n) is 7.55. The van der Waals surface area contributed by atoms with Crippen LogP contribution in [0.25, 0.3) is 0 Å². The van der Waals surface area contributed by atoms with Gasteiger partial charge in [0.15, 0.2) is 11.5 Å². The Morgan fingerprint density at radius 2 is 1.61 bits per heavy atom. The largest absolute Gasteiger partial charge is 0.502 e. The van der Waals surface area contributed by atoms with Crippen molar-refractivity contribution >= 4 is 10.0 Å². The molecule has 0 saturated carbocycles. The number of rotatable bonds is 6. The zero-order chi connectivity index (χ0) is 17.0. The van der Waals surface area contributed by atoms with Gasteiger partial charge in [-0.2, -0.15) is 4.31 Å². The molecule has 130 valence electrons. The molecule has 7 nitrogen and oxygen atoms in total. The molecule has 1 fully saturated rings. The molecule has 1 N–H and O–H groups in total. The zero-order valence-electron chi connectivity index (χ0n) is 13.8. The van der Waals surface area contributed by atoms with Gasteiger partial charge in [0.2, 0.25) is 15.8 Å². The monoisotopic (exact) mass is 344 g/mol. The maximum absolute atomic E-state index is 11.9. The fourth-order valence-corrected chi connectivity index (χ4v) is 3.73. The lowest BCUT2D eigenvalue weighted by Gasteiger charge is -2.33. The SMILES string of the molecule is CCS(=O)(=O)N1CCN(Cc2cc(OC)c(O)c(OC)c2)CC1. The first-order chi connectivity index (χ1) is 10.9. The van der Waals surface area contributed by atoms with Crippen LogP contribution in [0.1, 0.15) is 12.5 Å². The second-order valence-electron chi connectivity index (χ2n) is 5.42. The van der Waals surface area contributed by atoms with Crippen LogP contribution in [0.15, 0.2) is 12.1 Å². The highest BCUT2D eigenvalue weighted by molar-refractivity contribution is 7.89. The van der Waals surface area contributed by atoms with Gasteiger partial charge in [-0.15, -0.1) is 0 Å². The van der Waals surface area contributed by atoms with Crippen molar-refractivity contribution in [2.45, 2.75) is 13.5 Å². The van der Waals surface area contributed by atoms with E-state index in [2.05, 4.69) is 4.90 Å². The molecule has 1 aromatic carbocycles. The minimum Gasteiger partial charge on any atom is -0.502 e. The minimum atomic E-state index is -3.11. The summed E-state index contributed by atoms with van der Waals surface area (Å²) in [5.74, 6) is 0.856. The summed E-state index contributed by atoms with van der Waals surface area (Å²) < 4.78 is 35.6. The minimum absolute atomic E-state index is 0.0161. The molecule has 0 unspecified atom stereocenters. The van der Waals surface area contributed by atoms with Gasteiger partial charge in [0, 0.05) is 32.7 Å². The van der Waals surface area contributed by atoms with Crippen LogP contribution in [0.3, 0.4) is 0 Å². The molecule has 0 radical (unpaired) electrons. The van der Waals surface area contributed by atoms with Crippen molar-refractivity contribution in [3.8, 4) is 17.2 Å². The van der Waals surface area contributed by atoms with E-state index in [1.54, 1.807) is 23.4 Å². The fraction of sp³-hybridized carbons (Fsp3) is 0.600. The summed E-state index contributed by atoms with van der Waals surface area (Å²) in [5, 5.41) is 9.93. The Morgan fingerprint density at radius 1 is 1.09 bits per heavy atom. The van der Waals surface area contributed by atoms with Gasteiger partial charge in [0.05, 0.1) is 20.0 Å². The lowest BCUT2D eigenvalue weighted by Crippen LogP contribution is -2.48. The van der Waals surface area contributed by atoms with Crippen molar-refractivity contribution < 1.29 is 23.0 Å². The predicted molar refractivity (Wildman–Crippen MR) is 87.5 cm³/mol. The van der Waals surface area contributed by atoms with Gasteiger partial charge in [-0.1, -0.05) is 0 Å². The molecule has 1 heterocycles. The summed E-state index contributed by atoms with van der Waals surface area (Å²) in [7, 11) is -0.125. The number of hydrogen-bond acceptors (Lipinski definition) is 6. The van der Waals surface area contributed by atoms with Crippen LogP contribution in [-0.2, 0) is 16.6 Å². The van der Waals surface area contributed by atoms with E-state index < -0.39 is 10.0 Å². The topological polar surface area (TPSA) is 79.3 Å². The lowest BCUT2D eigenvalue weighted by atomic mass is 10.1. The molecule has 2 rings (SSSR count). The number of sulfonamides is 1. The molecular formula is C15H24N2O5S. The zero-order valence-corrected chi connectivity index (χ0v) is 14.6. The van der Waals surface area contributed by atoms with Crippen LogP contribution in [0.4, 0.5) is 0 Å². The third-order valence-electron chi connectivity index (χ3n) is 4.04. The van der Waals surface area contributed by atoms with Gasteiger partial charge >= 0.3 is 0 Å². The van der Waals surface area contributed by atoms with E-state index in [0.29, 0.717) is 44.2 Å². The average molecular weight is 344 g/mol. The Labute approximate surface area is 137 Å². The van der Waals surface area contributed by atoms with E-state index in [9.17, 15) is 13.5 Å². The number of phenolic OH excluding ortho intramolecular Hbond substituents is 1. The van der Waals surface area contributed by atoms with Gasteiger partial charge in [0.25, 0.3) is 0 Å². The van der Waals surface area contributed by atoms with Gasteiger partial charge in [-0.25, -0.2) is 8.42 Å². The second-order valence-corrected chi connectivity index (χ2v) is 7.68. The first kappa shape index (κ1) is 17.8. The van der Waals surface area contributed by atoms with Crippen LogP contribution < -0.4 is 9.47 Å². The Hall–Kier alpha value is -1.51. The normalized spacial score (nSPS) is 17.2. The number of hydrogen-bond donors (Lipinski definition) is 1. The van der Waals surface area contributed by atoms with Crippen LogP contribution >= 0.6 is 0 Å². The summed E-state index contributed by atoms with van der Waals surface area (Å²) in [5.41, 5.74) is 0.947. The molecule has 1 aliphatic heterocycles. The Morgan fingerprint density at radius 3 is 2.04 bits per heavy atom. The molecule has 1 aromatic rings. The summed E-state index contributed by atoms with van der Waals surface area (Å²) in [6, 6.07) is 3.54. The summed E-state index contributed by atoms with van der Waals surface area (Å²) in [6.07, 6.45) is 0. The molecule has 8 heteroatoms. The quantitative estimate of drug-likeness (QED) is 0.825. The second kappa shape index (κ2) is 7.37. The number of piperazine rings is 1. The van der Waals surface area contributed by atoms with Crippen molar-refractivity contribution in [3.63, 3.8) is 0 Å². The Kier molecular flexibility index (Phi) is 5.72. The van der Waals surface area contributed by atoms with Crippen LogP contribution in [-0.4, -0.2) is 68.9 Å². The number of phenols is 1. The van der Waals surface area contributed by atoms with E-state index in [1.807, 2.05) is 0 Å². The van der Waals surface area contributed by atoms with E-state index in [-0.39, 0.29) is 11.5 Å². The smallest absolute Gasteiger partial charge is 0.213 e. The van der Waals surface area contributed by atoms with Crippen molar-refractivity contribution in [3.05, 3.63) is 17.7 Å². The third kappa shape index (κ3) is 4.07. The van der Waals surface area contributed by atoms with Gasteiger partial charge in [0.1, 0.15) is 0 Å². The number of nitrogens with zero attached hydrogens (tertiary/aromatic N) is 2. The van der Waals surface area contributed by atoms with Crippen molar-refractivity contribution in [1.29, 1.82) is 0 Å². The van der Waals surface area contributed by atoms with E-state index in [0.717, 1.165) is 5.56 Å². The van der Waals surface area contributed by atoms with E-state index in [4.69, 9.17) is 9.47 Å². The van der Waals surface area contributed by atoms with Gasteiger partial charge < -0.3 is 14.6 Å². The number of benzene rings is 1. The average Bonchev–Trinajstić information content (AvgIpc) is 2.56. The van der Waals surface area contributed by atoms with E-state index in [1.165, 1.54) is 14.2 Å². The molecule has 0 spiro atoms. The molecular weight excluding hydrogens is 320 g/mol. The number of methoxy groups -OCH3 is 2. The first-order valence-corrected chi connectivity index (χ1v) is 9.16. The highest BCUT2D eigenvalue weighted by Gasteiger charge is 2.25. The molecule has 1 aliphatic rings. The predicted octanol–water partition coefficient (Wildman–Crippen LogP) is 0.877.